The number of amides is 1. The number of ether oxygens (including phenoxy) is 2. The van der Waals surface area contributed by atoms with Gasteiger partial charge in [-0.25, -0.2) is 4.99 Å². The van der Waals surface area contributed by atoms with E-state index in [9.17, 15) is 4.79 Å². The summed E-state index contributed by atoms with van der Waals surface area (Å²) in [6.07, 6.45) is 2.65. The molecule has 0 unspecified atom stereocenters. The van der Waals surface area contributed by atoms with Crippen molar-refractivity contribution in [1.82, 2.24) is 4.90 Å². The third kappa shape index (κ3) is 4.34. The molecule has 0 spiro atoms. The van der Waals surface area contributed by atoms with Crippen molar-refractivity contribution >= 4 is 34.6 Å². The second-order valence-electron chi connectivity index (χ2n) is 7.15. The normalized spacial score (nSPS) is 17.7. The molecule has 0 aliphatic carbocycles. The van der Waals surface area contributed by atoms with E-state index in [4.69, 9.17) is 14.5 Å². The molecule has 0 bridgehead atoms. The molecule has 0 N–H and O–H groups in total. The minimum atomic E-state index is -0.0340. The lowest BCUT2D eigenvalue weighted by molar-refractivity contribution is -0.122. The largest absolute Gasteiger partial charge is 0.454 e. The molecule has 5 nitrogen and oxygen atoms in total. The van der Waals surface area contributed by atoms with Crippen LogP contribution in [0.5, 0.6) is 11.5 Å². The van der Waals surface area contributed by atoms with E-state index in [0.717, 1.165) is 23.4 Å². The Labute approximate surface area is 185 Å². The van der Waals surface area contributed by atoms with Gasteiger partial charge in [0.2, 0.25) is 6.79 Å². The van der Waals surface area contributed by atoms with Crippen molar-refractivity contribution in [2.24, 2.45) is 4.99 Å². The summed E-state index contributed by atoms with van der Waals surface area (Å²) in [4.78, 5) is 20.4. The van der Waals surface area contributed by atoms with Gasteiger partial charge in [-0.1, -0.05) is 54.6 Å². The molecule has 0 saturated carbocycles. The Balaban J connectivity index is 1.44. The summed E-state index contributed by atoms with van der Waals surface area (Å²) in [5, 5.41) is 0.694. The molecule has 154 valence electrons. The van der Waals surface area contributed by atoms with E-state index in [1.807, 2.05) is 72.8 Å². The number of para-hydroxylation sites is 1. The number of carbonyl (C=O) groups excluding carboxylic acids is 1. The predicted octanol–water partition coefficient (Wildman–Crippen LogP) is 5.26. The fourth-order valence-corrected chi connectivity index (χ4v) is 4.47. The highest BCUT2D eigenvalue weighted by Gasteiger charge is 2.33. The summed E-state index contributed by atoms with van der Waals surface area (Å²) in [5.41, 5.74) is 2.91. The van der Waals surface area contributed by atoms with Gasteiger partial charge in [0, 0.05) is 6.54 Å². The van der Waals surface area contributed by atoms with Crippen LogP contribution >= 0.6 is 11.8 Å². The Morgan fingerprint density at radius 3 is 2.48 bits per heavy atom. The van der Waals surface area contributed by atoms with E-state index >= 15 is 0 Å². The Morgan fingerprint density at radius 1 is 0.935 bits per heavy atom. The lowest BCUT2D eigenvalue weighted by Crippen LogP contribution is -2.31. The van der Waals surface area contributed by atoms with Gasteiger partial charge in [0.15, 0.2) is 16.7 Å². The summed E-state index contributed by atoms with van der Waals surface area (Å²) in [6.45, 7) is 0.796. The zero-order chi connectivity index (χ0) is 21.0. The number of rotatable bonds is 5. The number of carbonyl (C=O) groups is 1. The fraction of sp³-hybridized carbons (Fsp3) is 0.120. The second kappa shape index (κ2) is 8.70. The number of aliphatic imine (C=N–C) groups is 1. The molecule has 2 aliphatic heterocycles. The molecule has 0 radical (unpaired) electrons. The van der Waals surface area contributed by atoms with Crippen LogP contribution in [0.15, 0.2) is 88.8 Å². The first-order valence-electron chi connectivity index (χ1n) is 10.0. The number of nitrogens with zero attached hydrogens (tertiary/aromatic N) is 2. The maximum Gasteiger partial charge on any atom is 0.266 e. The van der Waals surface area contributed by atoms with Crippen LogP contribution in [0.1, 0.15) is 11.1 Å². The maximum absolute atomic E-state index is 13.3. The van der Waals surface area contributed by atoms with Gasteiger partial charge in [0.25, 0.3) is 5.91 Å². The zero-order valence-electron chi connectivity index (χ0n) is 16.7. The molecule has 6 heteroatoms. The van der Waals surface area contributed by atoms with Gasteiger partial charge >= 0.3 is 0 Å². The summed E-state index contributed by atoms with van der Waals surface area (Å²) < 4.78 is 10.8. The van der Waals surface area contributed by atoms with E-state index in [0.29, 0.717) is 22.4 Å². The Kier molecular flexibility index (Phi) is 5.46. The van der Waals surface area contributed by atoms with Crippen LogP contribution in [0.2, 0.25) is 0 Å². The van der Waals surface area contributed by atoms with E-state index in [-0.39, 0.29) is 12.7 Å². The number of hydrogen-bond donors (Lipinski definition) is 0. The summed E-state index contributed by atoms with van der Waals surface area (Å²) in [7, 11) is 0. The molecule has 3 aromatic rings. The first-order valence-corrected chi connectivity index (χ1v) is 10.9. The van der Waals surface area contributed by atoms with E-state index in [1.54, 1.807) is 4.90 Å². The number of thioether (sulfide) groups is 1. The molecule has 0 aromatic heterocycles. The van der Waals surface area contributed by atoms with Gasteiger partial charge in [-0.2, -0.15) is 0 Å². The first kappa shape index (κ1) is 19.5. The fourth-order valence-electron chi connectivity index (χ4n) is 3.44. The van der Waals surface area contributed by atoms with Gasteiger partial charge < -0.3 is 9.47 Å². The van der Waals surface area contributed by atoms with E-state index in [1.165, 1.54) is 17.3 Å². The topological polar surface area (TPSA) is 51.1 Å². The van der Waals surface area contributed by atoms with Crippen LogP contribution in [0, 0.1) is 0 Å². The van der Waals surface area contributed by atoms with Crippen molar-refractivity contribution in [3.05, 3.63) is 94.9 Å². The van der Waals surface area contributed by atoms with Gasteiger partial charge in [-0.3, -0.25) is 9.69 Å². The highest BCUT2D eigenvalue weighted by molar-refractivity contribution is 8.18. The highest BCUT2D eigenvalue weighted by atomic mass is 32.2. The molecule has 31 heavy (non-hydrogen) atoms. The van der Waals surface area contributed by atoms with Crippen LogP contribution in [-0.4, -0.2) is 29.3 Å². The molecular formula is C25H20N2O3S. The van der Waals surface area contributed by atoms with Gasteiger partial charge in [-0.15, -0.1) is 0 Å². The summed E-state index contributed by atoms with van der Waals surface area (Å²) in [5.74, 6) is 1.39. The third-order valence-electron chi connectivity index (χ3n) is 5.03. The molecule has 0 atom stereocenters. The smallest absolute Gasteiger partial charge is 0.266 e. The Morgan fingerprint density at radius 2 is 1.68 bits per heavy atom. The van der Waals surface area contributed by atoms with Gasteiger partial charge in [0.1, 0.15) is 0 Å². The second-order valence-corrected chi connectivity index (χ2v) is 8.15. The van der Waals surface area contributed by atoms with Gasteiger partial charge in [-0.05, 0) is 59.7 Å². The number of benzene rings is 3. The molecule has 5 rings (SSSR count). The maximum atomic E-state index is 13.3. The van der Waals surface area contributed by atoms with Crippen LogP contribution in [-0.2, 0) is 11.2 Å². The molecule has 1 amide bonds. The SMILES string of the molecule is O=C1/C(=C\c2ccc3c(c2)OCO3)SC(=Nc2ccccc2)N1CCc1ccccc1. The van der Waals surface area contributed by atoms with Crippen molar-refractivity contribution in [2.45, 2.75) is 6.42 Å². The quantitative estimate of drug-likeness (QED) is 0.520. The van der Waals surface area contributed by atoms with Crippen LogP contribution < -0.4 is 9.47 Å². The minimum absolute atomic E-state index is 0.0340. The summed E-state index contributed by atoms with van der Waals surface area (Å²) in [6, 6.07) is 25.6. The average Bonchev–Trinajstić information content (AvgIpc) is 3.38. The predicted molar refractivity (Wildman–Crippen MR) is 124 cm³/mol. The molecule has 2 aliphatic rings. The van der Waals surface area contributed by atoms with Crippen LogP contribution in [0.25, 0.3) is 6.08 Å². The first-order chi connectivity index (χ1) is 15.3. The summed E-state index contributed by atoms with van der Waals surface area (Å²) >= 11 is 1.40. The molecule has 3 aromatic carbocycles. The van der Waals surface area contributed by atoms with Crippen molar-refractivity contribution in [2.75, 3.05) is 13.3 Å². The van der Waals surface area contributed by atoms with Crippen LogP contribution in [0.4, 0.5) is 5.69 Å². The van der Waals surface area contributed by atoms with E-state index < -0.39 is 0 Å². The number of hydrogen-bond acceptors (Lipinski definition) is 5. The zero-order valence-corrected chi connectivity index (χ0v) is 17.5. The van der Waals surface area contributed by atoms with Crippen molar-refractivity contribution in [3.8, 4) is 11.5 Å². The monoisotopic (exact) mass is 428 g/mol. The third-order valence-corrected chi connectivity index (χ3v) is 6.04. The van der Waals surface area contributed by atoms with Crippen molar-refractivity contribution < 1.29 is 14.3 Å². The lowest BCUT2D eigenvalue weighted by Gasteiger charge is -2.15. The number of fused-ring (bicyclic) bond motifs is 1. The standard InChI is InChI=1S/C25H20N2O3S/c28-24-23(16-19-11-12-21-22(15-19)30-17-29-21)31-25(26-20-9-5-2-6-10-20)27(24)14-13-18-7-3-1-4-8-18/h1-12,15-16H,13-14,17H2/b23-16+,26-25?. The Hall–Kier alpha value is -3.51. The minimum Gasteiger partial charge on any atom is -0.454 e. The van der Waals surface area contributed by atoms with Crippen molar-refractivity contribution in [1.29, 1.82) is 0 Å². The molecule has 1 fully saturated rings. The lowest BCUT2D eigenvalue weighted by atomic mass is 10.1. The molecule has 1 saturated heterocycles. The molecular weight excluding hydrogens is 408 g/mol. The molecule has 2 heterocycles. The highest BCUT2D eigenvalue weighted by Crippen LogP contribution is 2.37. The number of amidine groups is 1. The Bertz CT molecular complexity index is 1160. The van der Waals surface area contributed by atoms with E-state index in [2.05, 4.69) is 12.1 Å². The van der Waals surface area contributed by atoms with Crippen LogP contribution in [0.3, 0.4) is 0 Å². The average molecular weight is 429 g/mol. The van der Waals surface area contributed by atoms with Gasteiger partial charge in [0.05, 0.1) is 10.6 Å². The van der Waals surface area contributed by atoms with Crippen molar-refractivity contribution in [3.63, 3.8) is 0 Å².